The van der Waals surface area contributed by atoms with Crippen LogP contribution in [0.5, 0.6) is 11.5 Å². The number of aryl methyl sites for hydroxylation is 2. The minimum Gasteiger partial charge on any atom is -0.491 e. The number of anilines is 1. The Bertz CT molecular complexity index is 622. The SMILES string of the molecule is COCCOc1cccc(NCC(C)Oc2c(C)cccc2C)c1. The van der Waals surface area contributed by atoms with Crippen LogP contribution in [0.4, 0.5) is 5.69 Å². The predicted octanol–water partition coefficient (Wildman–Crippen LogP) is 4.21. The van der Waals surface area contributed by atoms with E-state index in [9.17, 15) is 0 Å². The zero-order chi connectivity index (χ0) is 17.4. The van der Waals surface area contributed by atoms with Gasteiger partial charge in [-0.1, -0.05) is 24.3 Å². The first kappa shape index (κ1) is 18.1. The van der Waals surface area contributed by atoms with Gasteiger partial charge in [0.05, 0.1) is 13.2 Å². The molecule has 1 N–H and O–H groups in total. The third kappa shape index (κ3) is 5.46. The summed E-state index contributed by atoms with van der Waals surface area (Å²) in [6, 6.07) is 14.1. The van der Waals surface area contributed by atoms with Crippen LogP contribution in [0, 0.1) is 13.8 Å². The standard InChI is InChI=1S/C20H27NO3/c1-15-7-5-8-16(2)20(15)24-17(3)14-21-18-9-6-10-19(13-18)23-12-11-22-4/h5-10,13,17,21H,11-12,14H2,1-4H3. The third-order valence-electron chi connectivity index (χ3n) is 3.71. The van der Waals surface area contributed by atoms with E-state index in [1.165, 1.54) is 0 Å². The first-order valence-electron chi connectivity index (χ1n) is 8.28. The molecule has 0 aliphatic carbocycles. The Kier molecular flexibility index (Phi) is 6.94. The van der Waals surface area contributed by atoms with Crippen LogP contribution >= 0.6 is 0 Å². The minimum atomic E-state index is 0.0582. The average molecular weight is 329 g/mol. The van der Waals surface area contributed by atoms with Crippen molar-refractivity contribution >= 4 is 5.69 Å². The van der Waals surface area contributed by atoms with Gasteiger partial charge in [-0.3, -0.25) is 0 Å². The first-order chi connectivity index (χ1) is 11.6. The molecule has 0 radical (unpaired) electrons. The molecule has 0 spiro atoms. The van der Waals surface area contributed by atoms with Crippen LogP contribution in [0.2, 0.25) is 0 Å². The molecule has 0 fully saturated rings. The second kappa shape index (κ2) is 9.18. The van der Waals surface area contributed by atoms with Gasteiger partial charge in [-0.2, -0.15) is 0 Å². The molecule has 0 aromatic heterocycles. The Morgan fingerprint density at radius 3 is 2.42 bits per heavy atom. The zero-order valence-corrected chi connectivity index (χ0v) is 15.0. The van der Waals surface area contributed by atoms with Gasteiger partial charge in [0.1, 0.15) is 24.2 Å². The molecule has 2 aromatic rings. The van der Waals surface area contributed by atoms with E-state index >= 15 is 0 Å². The highest BCUT2D eigenvalue weighted by Gasteiger charge is 2.09. The summed E-state index contributed by atoms with van der Waals surface area (Å²) in [5, 5.41) is 3.40. The van der Waals surface area contributed by atoms with Crippen molar-refractivity contribution in [1.82, 2.24) is 0 Å². The second-order valence-electron chi connectivity index (χ2n) is 5.90. The summed E-state index contributed by atoms with van der Waals surface area (Å²) in [6.07, 6.45) is 0.0582. The van der Waals surface area contributed by atoms with Gasteiger partial charge in [0, 0.05) is 18.9 Å². The summed E-state index contributed by atoms with van der Waals surface area (Å²) in [5.74, 6) is 1.81. The molecule has 0 heterocycles. The van der Waals surface area contributed by atoms with Gasteiger partial charge in [0.15, 0.2) is 0 Å². The lowest BCUT2D eigenvalue weighted by Gasteiger charge is -2.19. The molecule has 2 rings (SSSR count). The van der Waals surface area contributed by atoms with E-state index < -0.39 is 0 Å². The Balaban J connectivity index is 1.87. The largest absolute Gasteiger partial charge is 0.491 e. The second-order valence-corrected chi connectivity index (χ2v) is 5.90. The molecule has 0 saturated heterocycles. The van der Waals surface area contributed by atoms with Gasteiger partial charge in [-0.05, 0) is 44.0 Å². The van der Waals surface area contributed by atoms with E-state index in [4.69, 9.17) is 14.2 Å². The lowest BCUT2D eigenvalue weighted by atomic mass is 10.1. The molecule has 4 nitrogen and oxygen atoms in total. The van der Waals surface area contributed by atoms with Crippen LogP contribution in [0.15, 0.2) is 42.5 Å². The van der Waals surface area contributed by atoms with E-state index in [0.29, 0.717) is 13.2 Å². The van der Waals surface area contributed by atoms with E-state index in [1.807, 2.05) is 24.3 Å². The number of hydrogen-bond donors (Lipinski definition) is 1. The lowest BCUT2D eigenvalue weighted by molar-refractivity contribution is 0.146. The van der Waals surface area contributed by atoms with Crippen molar-refractivity contribution in [1.29, 1.82) is 0 Å². The van der Waals surface area contributed by atoms with Crippen LogP contribution in [0.1, 0.15) is 18.1 Å². The van der Waals surface area contributed by atoms with Crippen molar-refractivity contribution in [3.8, 4) is 11.5 Å². The summed E-state index contributed by atoms with van der Waals surface area (Å²) in [4.78, 5) is 0. The fourth-order valence-electron chi connectivity index (χ4n) is 2.43. The zero-order valence-electron chi connectivity index (χ0n) is 15.0. The van der Waals surface area contributed by atoms with Crippen LogP contribution < -0.4 is 14.8 Å². The van der Waals surface area contributed by atoms with Crippen LogP contribution in [0.25, 0.3) is 0 Å². The van der Waals surface area contributed by atoms with Gasteiger partial charge in [-0.25, -0.2) is 0 Å². The summed E-state index contributed by atoms with van der Waals surface area (Å²) >= 11 is 0. The maximum Gasteiger partial charge on any atom is 0.125 e. The molecule has 130 valence electrons. The van der Waals surface area contributed by atoms with Gasteiger partial charge >= 0.3 is 0 Å². The molecule has 24 heavy (non-hydrogen) atoms. The van der Waals surface area contributed by atoms with Crippen molar-refractivity contribution in [2.24, 2.45) is 0 Å². The first-order valence-corrected chi connectivity index (χ1v) is 8.28. The number of methoxy groups -OCH3 is 1. The molecule has 4 heteroatoms. The highest BCUT2D eigenvalue weighted by atomic mass is 16.5. The fourth-order valence-corrected chi connectivity index (χ4v) is 2.43. The van der Waals surface area contributed by atoms with E-state index in [2.05, 4.69) is 44.3 Å². The summed E-state index contributed by atoms with van der Waals surface area (Å²) in [7, 11) is 1.67. The van der Waals surface area contributed by atoms with Crippen molar-refractivity contribution in [3.63, 3.8) is 0 Å². The number of benzene rings is 2. The molecule has 1 unspecified atom stereocenters. The molecule has 2 aromatic carbocycles. The Labute approximate surface area is 144 Å². The van der Waals surface area contributed by atoms with E-state index in [1.54, 1.807) is 7.11 Å². The molecule has 1 atom stereocenters. The van der Waals surface area contributed by atoms with E-state index in [-0.39, 0.29) is 6.10 Å². The van der Waals surface area contributed by atoms with Gasteiger partial charge in [0.25, 0.3) is 0 Å². The van der Waals surface area contributed by atoms with Gasteiger partial charge < -0.3 is 19.5 Å². The fraction of sp³-hybridized carbons (Fsp3) is 0.400. The van der Waals surface area contributed by atoms with Crippen LogP contribution in [-0.2, 0) is 4.74 Å². The lowest BCUT2D eigenvalue weighted by Crippen LogP contribution is -2.23. The van der Waals surface area contributed by atoms with E-state index in [0.717, 1.165) is 34.9 Å². The maximum absolute atomic E-state index is 6.10. The smallest absolute Gasteiger partial charge is 0.125 e. The molecule has 0 saturated carbocycles. The van der Waals surface area contributed by atoms with Crippen LogP contribution in [-0.4, -0.2) is 33.0 Å². The van der Waals surface area contributed by atoms with Crippen molar-refractivity contribution in [3.05, 3.63) is 53.6 Å². The highest BCUT2D eigenvalue weighted by Crippen LogP contribution is 2.24. The van der Waals surface area contributed by atoms with Crippen molar-refractivity contribution in [2.45, 2.75) is 26.9 Å². The van der Waals surface area contributed by atoms with Gasteiger partial charge in [-0.15, -0.1) is 0 Å². The minimum absolute atomic E-state index is 0.0582. The number of ether oxygens (including phenoxy) is 3. The predicted molar refractivity (Wildman–Crippen MR) is 98.3 cm³/mol. The summed E-state index contributed by atoms with van der Waals surface area (Å²) in [5.41, 5.74) is 3.34. The normalized spacial score (nSPS) is 11.8. The summed E-state index contributed by atoms with van der Waals surface area (Å²) in [6.45, 7) is 8.06. The Morgan fingerprint density at radius 2 is 1.71 bits per heavy atom. The Morgan fingerprint density at radius 1 is 1.00 bits per heavy atom. The molecule has 0 aliphatic heterocycles. The number of hydrogen-bond acceptors (Lipinski definition) is 4. The summed E-state index contributed by atoms with van der Waals surface area (Å²) < 4.78 is 16.7. The molecule has 0 aliphatic rings. The molecular formula is C20H27NO3. The third-order valence-corrected chi connectivity index (χ3v) is 3.71. The maximum atomic E-state index is 6.10. The van der Waals surface area contributed by atoms with Gasteiger partial charge in [0.2, 0.25) is 0 Å². The monoisotopic (exact) mass is 329 g/mol. The van der Waals surface area contributed by atoms with Crippen molar-refractivity contribution < 1.29 is 14.2 Å². The molecular weight excluding hydrogens is 302 g/mol. The van der Waals surface area contributed by atoms with Crippen LogP contribution in [0.3, 0.4) is 0 Å². The average Bonchev–Trinajstić information content (AvgIpc) is 2.57. The Hall–Kier alpha value is -2.20. The van der Waals surface area contributed by atoms with Crippen molar-refractivity contribution in [2.75, 3.05) is 32.2 Å². The number of rotatable bonds is 9. The highest BCUT2D eigenvalue weighted by molar-refractivity contribution is 5.48. The number of nitrogens with one attached hydrogen (secondary N) is 1. The molecule has 0 amide bonds. The topological polar surface area (TPSA) is 39.7 Å². The number of para-hydroxylation sites is 1. The quantitative estimate of drug-likeness (QED) is 0.700. The molecule has 0 bridgehead atoms.